The van der Waals surface area contributed by atoms with Crippen molar-refractivity contribution in [3.8, 4) is 0 Å². The SMILES string of the molecule is Nc1cc(N)nc(S[C@H]2/C(=N\O)[C@H]3CC[C@H]2C3)n1. The van der Waals surface area contributed by atoms with Crippen LogP contribution in [0.15, 0.2) is 16.4 Å². The van der Waals surface area contributed by atoms with Gasteiger partial charge in [-0.2, -0.15) is 0 Å². The van der Waals surface area contributed by atoms with Crippen molar-refractivity contribution in [3.05, 3.63) is 6.07 Å². The molecule has 0 amide bonds. The van der Waals surface area contributed by atoms with E-state index in [4.69, 9.17) is 16.7 Å². The molecule has 2 fully saturated rings. The van der Waals surface area contributed by atoms with Crippen molar-refractivity contribution in [1.29, 1.82) is 0 Å². The lowest BCUT2D eigenvalue weighted by Crippen LogP contribution is -2.25. The Morgan fingerprint density at radius 1 is 1.28 bits per heavy atom. The molecule has 96 valence electrons. The molecule has 1 heterocycles. The number of hydrogen-bond donors (Lipinski definition) is 3. The predicted octanol–water partition coefficient (Wildman–Crippen LogP) is 1.36. The molecular weight excluding hydrogens is 250 g/mol. The number of nitrogens with two attached hydrogens (primary N) is 2. The van der Waals surface area contributed by atoms with Crippen LogP contribution < -0.4 is 11.5 Å². The van der Waals surface area contributed by atoms with Gasteiger partial charge in [0.15, 0.2) is 5.16 Å². The summed E-state index contributed by atoms with van der Waals surface area (Å²) in [5.74, 6) is 1.72. The second-order valence-electron chi connectivity index (χ2n) is 4.83. The minimum absolute atomic E-state index is 0.162. The van der Waals surface area contributed by atoms with E-state index in [2.05, 4.69) is 15.1 Å². The van der Waals surface area contributed by atoms with Gasteiger partial charge in [-0.3, -0.25) is 0 Å². The van der Waals surface area contributed by atoms with Gasteiger partial charge in [0.25, 0.3) is 0 Å². The van der Waals surface area contributed by atoms with Gasteiger partial charge in [0.1, 0.15) is 11.6 Å². The van der Waals surface area contributed by atoms with E-state index >= 15 is 0 Å². The average Bonchev–Trinajstić information content (AvgIpc) is 2.88. The molecule has 0 unspecified atom stereocenters. The number of nitrogens with zero attached hydrogens (tertiary/aromatic N) is 3. The van der Waals surface area contributed by atoms with Crippen LogP contribution in [0.3, 0.4) is 0 Å². The number of anilines is 2. The van der Waals surface area contributed by atoms with E-state index in [1.54, 1.807) is 0 Å². The summed E-state index contributed by atoms with van der Waals surface area (Å²) < 4.78 is 0. The van der Waals surface area contributed by atoms with E-state index in [9.17, 15) is 0 Å². The number of hydrogen-bond acceptors (Lipinski definition) is 7. The summed E-state index contributed by atoms with van der Waals surface area (Å²) >= 11 is 1.50. The first-order chi connectivity index (χ1) is 8.67. The fourth-order valence-electron chi connectivity index (χ4n) is 2.96. The average molecular weight is 265 g/mol. The lowest BCUT2D eigenvalue weighted by Gasteiger charge is -2.21. The van der Waals surface area contributed by atoms with Crippen molar-refractivity contribution in [2.75, 3.05) is 11.5 Å². The van der Waals surface area contributed by atoms with E-state index in [0.717, 1.165) is 18.6 Å². The summed E-state index contributed by atoms with van der Waals surface area (Å²) in [6.07, 6.45) is 3.41. The van der Waals surface area contributed by atoms with Crippen molar-refractivity contribution >= 4 is 29.1 Å². The maximum atomic E-state index is 9.13. The minimum Gasteiger partial charge on any atom is -0.411 e. The summed E-state index contributed by atoms with van der Waals surface area (Å²) in [6.45, 7) is 0. The molecule has 18 heavy (non-hydrogen) atoms. The summed E-state index contributed by atoms with van der Waals surface area (Å²) in [6, 6.07) is 1.53. The van der Waals surface area contributed by atoms with Gasteiger partial charge in [0, 0.05) is 12.0 Å². The molecule has 0 aromatic carbocycles. The van der Waals surface area contributed by atoms with Crippen LogP contribution in [-0.2, 0) is 0 Å². The molecule has 0 aliphatic heterocycles. The van der Waals surface area contributed by atoms with Crippen LogP contribution in [-0.4, -0.2) is 26.1 Å². The Morgan fingerprint density at radius 3 is 2.67 bits per heavy atom. The molecule has 3 atom stereocenters. The van der Waals surface area contributed by atoms with Crippen LogP contribution in [0, 0.1) is 11.8 Å². The molecule has 1 aromatic rings. The molecule has 0 radical (unpaired) electrons. The van der Waals surface area contributed by atoms with Gasteiger partial charge in [-0.15, -0.1) is 0 Å². The Kier molecular flexibility index (Phi) is 2.77. The van der Waals surface area contributed by atoms with Crippen LogP contribution in [0.5, 0.6) is 0 Å². The van der Waals surface area contributed by atoms with E-state index in [1.807, 2.05) is 0 Å². The van der Waals surface area contributed by atoms with E-state index < -0.39 is 0 Å². The van der Waals surface area contributed by atoms with Crippen molar-refractivity contribution in [2.24, 2.45) is 17.0 Å². The van der Waals surface area contributed by atoms with Crippen LogP contribution in [0.25, 0.3) is 0 Å². The van der Waals surface area contributed by atoms with E-state index in [0.29, 0.717) is 28.6 Å². The molecular formula is C11H15N5OS. The van der Waals surface area contributed by atoms with Gasteiger partial charge in [0.05, 0.1) is 11.0 Å². The topological polar surface area (TPSA) is 110 Å². The van der Waals surface area contributed by atoms with Gasteiger partial charge >= 0.3 is 0 Å². The highest BCUT2D eigenvalue weighted by molar-refractivity contribution is 8.00. The van der Waals surface area contributed by atoms with Crippen molar-refractivity contribution < 1.29 is 5.21 Å². The molecule has 3 rings (SSSR count). The molecule has 5 N–H and O–H groups in total. The molecule has 1 aromatic heterocycles. The molecule has 2 aliphatic rings. The van der Waals surface area contributed by atoms with E-state index in [-0.39, 0.29) is 5.25 Å². The van der Waals surface area contributed by atoms with Crippen LogP contribution in [0.4, 0.5) is 11.6 Å². The highest BCUT2D eigenvalue weighted by Crippen LogP contribution is 2.49. The molecule has 2 aliphatic carbocycles. The molecule has 7 heteroatoms. The maximum absolute atomic E-state index is 9.13. The van der Waals surface area contributed by atoms with Crippen molar-refractivity contribution in [2.45, 2.75) is 29.7 Å². The van der Waals surface area contributed by atoms with Crippen LogP contribution >= 0.6 is 11.8 Å². The quantitative estimate of drug-likeness (QED) is 0.423. The van der Waals surface area contributed by atoms with Gasteiger partial charge in [-0.25, -0.2) is 9.97 Å². The third-order valence-corrected chi connectivity index (χ3v) is 4.98. The Balaban J connectivity index is 1.84. The molecule has 0 saturated heterocycles. The maximum Gasteiger partial charge on any atom is 0.192 e. The van der Waals surface area contributed by atoms with Crippen molar-refractivity contribution in [1.82, 2.24) is 9.97 Å². The van der Waals surface area contributed by atoms with Gasteiger partial charge in [-0.05, 0) is 25.2 Å². The Bertz CT molecular complexity index is 486. The third-order valence-electron chi connectivity index (χ3n) is 3.70. The fourth-order valence-corrected chi connectivity index (χ4v) is 4.30. The number of aromatic nitrogens is 2. The highest BCUT2D eigenvalue weighted by atomic mass is 32.2. The zero-order valence-corrected chi connectivity index (χ0v) is 10.6. The second kappa shape index (κ2) is 4.31. The van der Waals surface area contributed by atoms with E-state index in [1.165, 1.54) is 24.2 Å². The molecule has 6 nitrogen and oxygen atoms in total. The van der Waals surface area contributed by atoms with Crippen LogP contribution in [0.1, 0.15) is 19.3 Å². The molecule has 2 bridgehead atoms. The first-order valence-electron chi connectivity index (χ1n) is 5.96. The molecule has 0 spiro atoms. The second-order valence-corrected chi connectivity index (χ2v) is 5.94. The zero-order chi connectivity index (χ0) is 12.7. The normalized spacial score (nSPS) is 32.2. The number of rotatable bonds is 2. The first kappa shape index (κ1) is 11.6. The Morgan fingerprint density at radius 2 is 2.00 bits per heavy atom. The first-order valence-corrected chi connectivity index (χ1v) is 6.84. The minimum atomic E-state index is 0.162. The van der Waals surface area contributed by atoms with Crippen molar-refractivity contribution in [3.63, 3.8) is 0 Å². The third kappa shape index (κ3) is 1.88. The summed E-state index contributed by atoms with van der Waals surface area (Å²) in [4.78, 5) is 8.33. The Hall–Kier alpha value is -1.50. The van der Waals surface area contributed by atoms with Gasteiger partial charge in [0.2, 0.25) is 0 Å². The smallest absolute Gasteiger partial charge is 0.192 e. The lowest BCUT2D eigenvalue weighted by molar-refractivity contribution is 0.314. The standard InChI is InChI=1S/C11H15N5OS/c12-7-4-8(13)15-11(14-7)18-10-6-2-1-5(3-6)9(10)16-17/h4-6,10,17H,1-3H2,(H4,12,13,14,15)/b16-9-/t5-,6-,10+/m0/s1. The Labute approximate surface area is 109 Å². The fraction of sp³-hybridized carbons (Fsp3) is 0.545. The summed E-state index contributed by atoms with van der Waals surface area (Å²) in [7, 11) is 0. The highest BCUT2D eigenvalue weighted by Gasteiger charge is 2.46. The number of oxime groups is 1. The monoisotopic (exact) mass is 265 g/mol. The summed E-state index contributed by atoms with van der Waals surface area (Å²) in [5, 5.41) is 13.3. The lowest BCUT2D eigenvalue weighted by atomic mass is 9.98. The number of fused-ring (bicyclic) bond motifs is 2. The zero-order valence-electron chi connectivity index (χ0n) is 9.78. The van der Waals surface area contributed by atoms with Gasteiger partial charge in [-0.1, -0.05) is 16.9 Å². The number of nitrogen functional groups attached to an aromatic ring is 2. The van der Waals surface area contributed by atoms with Crippen LogP contribution in [0.2, 0.25) is 0 Å². The van der Waals surface area contributed by atoms with Gasteiger partial charge < -0.3 is 16.7 Å². The molecule has 2 saturated carbocycles. The summed E-state index contributed by atoms with van der Waals surface area (Å²) in [5.41, 5.74) is 12.2. The largest absolute Gasteiger partial charge is 0.411 e. The number of thioether (sulfide) groups is 1. The predicted molar refractivity (Wildman–Crippen MR) is 70.6 cm³/mol.